The van der Waals surface area contributed by atoms with Crippen molar-refractivity contribution in [2.75, 3.05) is 26.7 Å². The van der Waals surface area contributed by atoms with Crippen LogP contribution >= 0.6 is 11.7 Å². The number of nitrogens with zero attached hydrogens (tertiary/aromatic N) is 3. The smallest absolute Gasteiger partial charge is 0.475 e. The zero-order chi connectivity index (χ0) is 23.7. The summed E-state index contributed by atoms with van der Waals surface area (Å²) in [6.07, 6.45) is 6.24. The number of likely N-dealkylation sites (N-methyl/N-ethyl adjacent to an activating group) is 1. The van der Waals surface area contributed by atoms with Crippen molar-refractivity contribution in [1.82, 2.24) is 8.75 Å². The van der Waals surface area contributed by atoms with E-state index in [0.29, 0.717) is 23.5 Å². The zero-order valence-corrected chi connectivity index (χ0v) is 21.0. The van der Waals surface area contributed by atoms with Gasteiger partial charge in [0.25, 0.3) is 12.1 Å². The number of hydrogen-bond donors (Lipinski definition) is 0. The molecule has 0 bridgehead atoms. The van der Waals surface area contributed by atoms with Gasteiger partial charge in [0.15, 0.2) is 0 Å². The molecule has 1 aliphatic heterocycles. The summed E-state index contributed by atoms with van der Waals surface area (Å²) in [6.45, 7) is 7.94. The van der Waals surface area contributed by atoms with E-state index in [1.165, 1.54) is 24.6 Å². The van der Waals surface area contributed by atoms with E-state index in [-0.39, 0.29) is 6.10 Å². The first-order chi connectivity index (χ1) is 15.9. The van der Waals surface area contributed by atoms with E-state index in [0.717, 1.165) is 42.6 Å². The largest absolute Gasteiger partial charge is 0.513 e. The van der Waals surface area contributed by atoms with Crippen LogP contribution < -0.4 is 4.74 Å². The predicted octanol–water partition coefficient (Wildman–Crippen LogP) is 5.99. The molecule has 2 aromatic rings. The van der Waals surface area contributed by atoms with E-state index in [1.54, 1.807) is 0 Å². The lowest BCUT2D eigenvalue weighted by molar-refractivity contribution is -0.953. The summed E-state index contributed by atoms with van der Waals surface area (Å²) >= 11 is 1.17. The molecular formula is C25H36N3O4S+. The Morgan fingerprint density at radius 3 is 2.64 bits per heavy atom. The average molecular weight is 475 g/mol. The molecule has 2 heterocycles. The molecule has 2 unspecified atom stereocenters. The lowest BCUT2D eigenvalue weighted by atomic mass is 10.0. The van der Waals surface area contributed by atoms with Gasteiger partial charge in [-0.2, -0.15) is 4.37 Å². The third kappa shape index (κ3) is 7.01. The van der Waals surface area contributed by atoms with Crippen molar-refractivity contribution in [3.8, 4) is 5.88 Å². The number of quaternary nitrogens is 1. The van der Waals surface area contributed by atoms with E-state index >= 15 is 0 Å². The highest BCUT2D eigenvalue weighted by Gasteiger charge is 2.41. The topological polar surface area (TPSA) is 70.5 Å². The van der Waals surface area contributed by atoms with E-state index in [2.05, 4.69) is 28.8 Å². The minimum atomic E-state index is -0.652. The highest BCUT2D eigenvalue weighted by molar-refractivity contribution is 6.99. The van der Waals surface area contributed by atoms with Crippen LogP contribution in [-0.4, -0.2) is 52.2 Å². The van der Waals surface area contributed by atoms with Crippen LogP contribution in [0.5, 0.6) is 5.88 Å². The van der Waals surface area contributed by atoms with Gasteiger partial charge in [-0.05, 0) is 32.4 Å². The second-order valence-electron chi connectivity index (χ2n) is 9.00. The molecule has 3 rings (SSSR count). The van der Waals surface area contributed by atoms with Crippen molar-refractivity contribution in [2.24, 2.45) is 0 Å². The maximum absolute atomic E-state index is 12.5. The van der Waals surface area contributed by atoms with Crippen LogP contribution in [0.4, 0.5) is 4.79 Å². The fourth-order valence-electron chi connectivity index (χ4n) is 4.09. The van der Waals surface area contributed by atoms with Gasteiger partial charge in [-0.1, -0.05) is 50.5 Å². The first-order valence-corrected chi connectivity index (χ1v) is 12.6. The Kier molecular flexibility index (Phi) is 9.26. The predicted molar refractivity (Wildman–Crippen MR) is 130 cm³/mol. The standard InChI is InChI=1S/C25H36N3O4S/c1-5-6-7-11-17-30-23-22(26-33-27-23)21-15-12-16-28(4,18-21)24(20-13-9-8-10-14-20)32-25(29)31-19(2)3/h8-10,13-15,19,24H,5-7,11-12,16-18H2,1-4H3/q+1. The molecule has 2 atom stereocenters. The third-order valence-corrected chi connectivity index (χ3v) is 6.26. The highest BCUT2D eigenvalue weighted by Crippen LogP contribution is 2.37. The van der Waals surface area contributed by atoms with Crippen molar-refractivity contribution in [2.45, 2.75) is 65.2 Å². The molecule has 0 amide bonds. The molecule has 0 fully saturated rings. The SMILES string of the molecule is CCCCCCOc1nsnc1C1=CCC[N+](C)(C(OC(=O)OC(C)C)c2ccccc2)C1. The number of aromatic nitrogens is 2. The first kappa shape index (κ1) is 25.2. The molecule has 0 aliphatic carbocycles. The molecule has 180 valence electrons. The summed E-state index contributed by atoms with van der Waals surface area (Å²) in [5.74, 6) is 0.604. The Hall–Kier alpha value is -2.45. The summed E-state index contributed by atoms with van der Waals surface area (Å²) in [6, 6.07) is 9.86. The summed E-state index contributed by atoms with van der Waals surface area (Å²) < 4.78 is 26.6. The number of unbranched alkanes of at least 4 members (excludes halogenated alkanes) is 3. The van der Waals surface area contributed by atoms with Crippen LogP contribution in [0.15, 0.2) is 36.4 Å². The zero-order valence-electron chi connectivity index (χ0n) is 20.2. The van der Waals surface area contributed by atoms with Crippen LogP contribution in [-0.2, 0) is 9.47 Å². The van der Waals surface area contributed by atoms with Crippen LogP contribution in [0.3, 0.4) is 0 Å². The number of hydrogen-bond acceptors (Lipinski definition) is 7. The van der Waals surface area contributed by atoms with Crippen molar-refractivity contribution < 1.29 is 23.5 Å². The minimum absolute atomic E-state index is 0.242. The minimum Gasteiger partial charge on any atom is -0.475 e. The second kappa shape index (κ2) is 12.1. The van der Waals surface area contributed by atoms with Gasteiger partial charge >= 0.3 is 6.16 Å². The van der Waals surface area contributed by atoms with E-state index in [9.17, 15) is 4.79 Å². The van der Waals surface area contributed by atoms with Crippen LogP contribution in [0, 0.1) is 0 Å². The van der Waals surface area contributed by atoms with Crippen molar-refractivity contribution in [1.29, 1.82) is 0 Å². The number of carbonyl (C=O) groups is 1. The van der Waals surface area contributed by atoms with Crippen molar-refractivity contribution in [3.63, 3.8) is 0 Å². The molecule has 0 radical (unpaired) electrons. The summed E-state index contributed by atoms with van der Waals surface area (Å²) in [5, 5.41) is 0. The van der Waals surface area contributed by atoms with Gasteiger partial charge in [-0.15, -0.1) is 4.37 Å². The fraction of sp³-hybridized carbons (Fsp3) is 0.560. The van der Waals surface area contributed by atoms with E-state index in [1.807, 2.05) is 44.2 Å². The molecule has 0 saturated heterocycles. The normalized spacial score (nSPS) is 19.1. The number of benzene rings is 1. The van der Waals surface area contributed by atoms with Crippen molar-refractivity contribution >= 4 is 23.5 Å². The third-order valence-electron chi connectivity index (χ3n) is 5.75. The Balaban J connectivity index is 1.77. The number of rotatable bonds is 11. The first-order valence-electron chi connectivity index (χ1n) is 11.8. The van der Waals surface area contributed by atoms with Gasteiger partial charge in [0.1, 0.15) is 12.2 Å². The molecule has 8 heteroatoms. The molecule has 33 heavy (non-hydrogen) atoms. The van der Waals surface area contributed by atoms with Gasteiger partial charge in [0, 0.05) is 12.0 Å². The molecule has 0 saturated carbocycles. The molecule has 1 aromatic carbocycles. The maximum atomic E-state index is 12.5. The van der Waals surface area contributed by atoms with Gasteiger partial charge in [-0.25, -0.2) is 4.79 Å². The molecule has 0 N–H and O–H groups in total. The Labute approximate surface area is 201 Å². The van der Waals surface area contributed by atoms with Crippen molar-refractivity contribution in [3.05, 3.63) is 47.7 Å². The van der Waals surface area contributed by atoms with E-state index in [4.69, 9.17) is 14.2 Å². The quantitative estimate of drug-likeness (QED) is 0.226. The monoisotopic (exact) mass is 474 g/mol. The molecule has 0 spiro atoms. The molecular weight excluding hydrogens is 438 g/mol. The van der Waals surface area contributed by atoms with Crippen LogP contribution in [0.25, 0.3) is 5.57 Å². The Morgan fingerprint density at radius 2 is 1.91 bits per heavy atom. The van der Waals surface area contributed by atoms with Gasteiger partial charge < -0.3 is 14.2 Å². The summed E-state index contributed by atoms with van der Waals surface area (Å²) in [7, 11) is 2.11. The molecule has 1 aromatic heterocycles. The summed E-state index contributed by atoms with van der Waals surface area (Å²) in [5.41, 5.74) is 2.81. The second-order valence-corrected chi connectivity index (χ2v) is 9.53. The molecule has 1 aliphatic rings. The highest BCUT2D eigenvalue weighted by atomic mass is 32.1. The van der Waals surface area contributed by atoms with Gasteiger partial charge in [0.2, 0.25) is 0 Å². The van der Waals surface area contributed by atoms with Gasteiger partial charge in [-0.3, -0.25) is 4.48 Å². The summed E-state index contributed by atoms with van der Waals surface area (Å²) in [4.78, 5) is 12.5. The molecule has 7 nitrogen and oxygen atoms in total. The number of ether oxygens (including phenoxy) is 3. The van der Waals surface area contributed by atoms with Crippen LogP contribution in [0.1, 0.15) is 70.4 Å². The Bertz CT molecular complexity index is 915. The van der Waals surface area contributed by atoms with Gasteiger partial charge in [0.05, 0.1) is 43.6 Å². The van der Waals surface area contributed by atoms with E-state index < -0.39 is 12.4 Å². The van der Waals surface area contributed by atoms with Crippen LogP contribution in [0.2, 0.25) is 0 Å². The Morgan fingerprint density at radius 1 is 1.12 bits per heavy atom. The lowest BCUT2D eigenvalue weighted by Gasteiger charge is -2.42. The fourth-order valence-corrected chi connectivity index (χ4v) is 4.62. The number of carbonyl (C=O) groups excluding carboxylic acids is 1. The maximum Gasteiger partial charge on any atom is 0.513 e. The average Bonchev–Trinajstić information content (AvgIpc) is 3.26. The lowest BCUT2D eigenvalue weighted by Crippen LogP contribution is -2.51.